The summed E-state index contributed by atoms with van der Waals surface area (Å²) in [6.45, 7) is -1.45. The van der Waals surface area contributed by atoms with E-state index in [1.54, 1.807) is 0 Å². The standard InChI is InChI=1S/C10H17NO12P2/c1-20-10(21-5-4-11-8(12)2-3-9(11)13)7(23-25(17,18)19)6-22-24(14,15)16/h2-3,7,10H,4-6H2,1H3,(H2,14,15,16)(H2,17,18,19). The Labute approximate surface area is 141 Å². The van der Waals surface area contributed by atoms with Crippen LogP contribution in [0.3, 0.4) is 0 Å². The Morgan fingerprint density at radius 1 is 1.08 bits per heavy atom. The number of rotatable bonds is 11. The van der Waals surface area contributed by atoms with E-state index in [2.05, 4.69) is 9.05 Å². The first-order valence-electron chi connectivity index (χ1n) is 6.55. The lowest BCUT2D eigenvalue weighted by Crippen LogP contribution is -2.39. The van der Waals surface area contributed by atoms with Gasteiger partial charge in [-0.15, -0.1) is 0 Å². The predicted octanol–water partition coefficient (Wildman–Crippen LogP) is -1.51. The molecular weight excluding hydrogens is 388 g/mol. The fourth-order valence-electron chi connectivity index (χ4n) is 1.74. The maximum absolute atomic E-state index is 11.4. The van der Waals surface area contributed by atoms with Gasteiger partial charge in [0.15, 0.2) is 6.29 Å². The Morgan fingerprint density at radius 3 is 2.08 bits per heavy atom. The number of nitrogens with zero attached hydrogens (tertiary/aromatic N) is 1. The molecule has 0 aromatic heterocycles. The monoisotopic (exact) mass is 405 g/mol. The van der Waals surface area contributed by atoms with Gasteiger partial charge in [0.05, 0.1) is 19.8 Å². The second-order valence-corrected chi connectivity index (χ2v) is 6.99. The molecular formula is C10H17NO12P2. The Morgan fingerprint density at radius 2 is 1.64 bits per heavy atom. The molecule has 144 valence electrons. The van der Waals surface area contributed by atoms with Crippen molar-refractivity contribution in [2.75, 3.05) is 26.9 Å². The summed E-state index contributed by atoms with van der Waals surface area (Å²) in [6.07, 6.45) is -1.10. The Bertz CT molecular complexity index is 591. The normalized spacial score (nSPS) is 18.0. The topological polar surface area (TPSA) is 189 Å². The van der Waals surface area contributed by atoms with Crippen molar-refractivity contribution in [2.45, 2.75) is 12.4 Å². The molecule has 0 aromatic carbocycles. The smallest absolute Gasteiger partial charge is 0.353 e. The van der Waals surface area contributed by atoms with E-state index >= 15 is 0 Å². The van der Waals surface area contributed by atoms with Gasteiger partial charge in [0.2, 0.25) is 0 Å². The molecule has 4 N–H and O–H groups in total. The minimum atomic E-state index is -5.07. The first-order chi connectivity index (χ1) is 11.4. The second kappa shape index (κ2) is 9.10. The summed E-state index contributed by atoms with van der Waals surface area (Å²) >= 11 is 0. The van der Waals surface area contributed by atoms with Crippen LogP contribution in [0.1, 0.15) is 0 Å². The third kappa shape index (κ3) is 8.29. The molecule has 0 saturated carbocycles. The fourth-order valence-corrected chi connectivity index (χ4v) is 2.60. The number of methoxy groups -OCH3 is 1. The zero-order valence-corrected chi connectivity index (χ0v) is 14.6. The summed E-state index contributed by atoms with van der Waals surface area (Å²) in [5, 5.41) is 0. The zero-order valence-electron chi connectivity index (χ0n) is 12.8. The van der Waals surface area contributed by atoms with E-state index in [4.69, 9.17) is 29.0 Å². The Kier molecular flexibility index (Phi) is 8.03. The molecule has 0 fully saturated rings. The number of amides is 2. The molecule has 0 radical (unpaired) electrons. The molecule has 1 heterocycles. The van der Waals surface area contributed by atoms with Gasteiger partial charge in [-0.2, -0.15) is 0 Å². The van der Waals surface area contributed by atoms with Crippen molar-refractivity contribution in [1.82, 2.24) is 4.90 Å². The molecule has 2 amide bonds. The predicted molar refractivity (Wildman–Crippen MR) is 77.5 cm³/mol. The van der Waals surface area contributed by atoms with E-state index in [-0.39, 0.29) is 13.2 Å². The van der Waals surface area contributed by atoms with Crippen LogP contribution in [-0.2, 0) is 37.2 Å². The van der Waals surface area contributed by atoms with E-state index in [0.29, 0.717) is 0 Å². The van der Waals surface area contributed by atoms with Crippen LogP contribution in [0.5, 0.6) is 0 Å². The van der Waals surface area contributed by atoms with Crippen molar-refractivity contribution >= 4 is 27.5 Å². The number of carbonyl (C=O) groups excluding carboxylic acids is 2. The average molecular weight is 405 g/mol. The van der Waals surface area contributed by atoms with Crippen LogP contribution in [0.15, 0.2) is 12.2 Å². The van der Waals surface area contributed by atoms with Crippen LogP contribution in [0.25, 0.3) is 0 Å². The van der Waals surface area contributed by atoms with Crippen molar-refractivity contribution in [2.24, 2.45) is 0 Å². The van der Waals surface area contributed by atoms with Gasteiger partial charge in [-0.25, -0.2) is 9.13 Å². The molecule has 1 rings (SSSR count). The van der Waals surface area contributed by atoms with Crippen molar-refractivity contribution < 1.29 is 56.8 Å². The molecule has 0 aromatic rings. The van der Waals surface area contributed by atoms with Gasteiger partial charge < -0.3 is 29.0 Å². The summed E-state index contributed by atoms with van der Waals surface area (Å²) in [5.41, 5.74) is 0. The third-order valence-electron chi connectivity index (χ3n) is 2.71. The average Bonchev–Trinajstić information content (AvgIpc) is 2.77. The number of phosphoric ester groups is 2. The largest absolute Gasteiger partial charge is 0.470 e. The molecule has 0 aliphatic carbocycles. The van der Waals surface area contributed by atoms with E-state index in [1.807, 2.05) is 0 Å². The molecule has 13 nitrogen and oxygen atoms in total. The highest BCUT2D eigenvalue weighted by molar-refractivity contribution is 7.46. The Balaban J connectivity index is 2.65. The lowest BCUT2D eigenvalue weighted by atomic mass is 10.3. The summed E-state index contributed by atoms with van der Waals surface area (Å²) in [7, 11) is -8.93. The van der Waals surface area contributed by atoms with Gasteiger partial charge in [-0.1, -0.05) is 0 Å². The van der Waals surface area contributed by atoms with Gasteiger partial charge in [-0.05, 0) is 0 Å². The van der Waals surface area contributed by atoms with Gasteiger partial charge in [0, 0.05) is 19.3 Å². The molecule has 1 aliphatic rings. The first kappa shape index (κ1) is 22.1. The molecule has 25 heavy (non-hydrogen) atoms. The van der Waals surface area contributed by atoms with Gasteiger partial charge in [0.1, 0.15) is 6.10 Å². The van der Waals surface area contributed by atoms with Crippen molar-refractivity contribution in [1.29, 1.82) is 0 Å². The maximum Gasteiger partial charge on any atom is 0.470 e. The Hall–Kier alpha value is -0.980. The van der Waals surface area contributed by atoms with Gasteiger partial charge in [-0.3, -0.25) is 23.5 Å². The van der Waals surface area contributed by atoms with Gasteiger partial charge >= 0.3 is 15.6 Å². The molecule has 2 unspecified atom stereocenters. The van der Waals surface area contributed by atoms with Crippen LogP contribution in [0.2, 0.25) is 0 Å². The molecule has 0 bridgehead atoms. The zero-order chi connectivity index (χ0) is 19.3. The number of imide groups is 1. The number of ether oxygens (including phenoxy) is 2. The molecule has 1 aliphatic heterocycles. The van der Waals surface area contributed by atoms with Crippen LogP contribution < -0.4 is 0 Å². The quantitative estimate of drug-likeness (QED) is 0.177. The van der Waals surface area contributed by atoms with Crippen molar-refractivity contribution in [3.63, 3.8) is 0 Å². The van der Waals surface area contributed by atoms with Crippen LogP contribution in [-0.4, -0.2) is 75.6 Å². The van der Waals surface area contributed by atoms with E-state index in [1.165, 1.54) is 0 Å². The van der Waals surface area contributed by atoms with Crippen LogP contribution in [0.4, 0.5) is 0 Å². The molecule has 0 spiro atoms. The third-order valence-corrected chi connectivity index (χ3v) is 3.74. The minimum absolute atomic E-state index is 0.188. The second-order valence-electron chi connectivity index (χ2n) is 4.56. The van der Waals surface area contributed by atoms with E-state index in [0.717, 1.165) is 24.2 Å². The highest BCUT2D eigenvalue weighted by Gasteiger charge is 2.33. The number of phosphoric acid groups is 2. The number of hydrogen-bond acceptors (Lipinski definition) is 8. The van der Waals surface area contributed by atoms with E-state index in [9.17, 15) is 18.7 Å². The molecule has 2 atom stereocenters. The molecule has 15 heteroatoms. The van der Waals surface area contributed by atoms with Crippen molar-refractivity contribution in [3.05, 3.63) is 12.2 Å². The summed E-state index contributed by atoms with van der Waals surface area (Å²) in [6, 6.07) is 0. The summed E-state index contributed by atoms with van der Waals surface area (Å²) < 4.78 is 40.1. The summed E-state index contributed by atoms with van der Waals surface area (Å²) in [5.74, 6) is -1.12. The maximum atomic E-state index is 11.4. The van der Waals surface area contributed by atoms with E-state index < -0.39 is 46.5 Å². The first-order valence-corrected chi connectivity index (χ1v) is 9.61. The lowest BCUT2D eigenvalue weighted by Gasteiger charge is -2.26. The summed E-state index contributed by atoms with van der Waals surface area (Å²) in [4.78, 5) is 58.6. The van der Waals surface area contributed by atoms with Gasteiger partial charge in [0.25, 0.3) is 11.8 Å². The highest BCUT2D eigenvalue weighted by atomic mass is 31.2. The number of carbonyl (C=O) groups is 2. The number of hydrogen-bond donors (Lipinski definition) is 4. The lowest BCUT2D eigenvalue weighted by molar-refractivity contribution is -0.185. The SMILES string of the molecule is COC(OCCN1C(=O)C=CC1=O)C(COP(=O)(O)O)OP(=O)(O)O. The fraction of sp³-hybridized carbons (Fsp3) is 0.600. The highest BCUT2D eigenvalue weighted by Crippen LogP contribution is 2.41. The van der Waals surface area contributed by atoms with Crippen LogP contribution in [0, 0.1) is 0 Å². The van der Waals surface area contributed by atoms with Crippen molar-refractivity contribution in [3.8, 4) is 0 Å². The molecule has 0 saturated heterocycles. The van der Waals surface area contributed by atoms with Crippen LogP contribution >= 0.6 is 15.6 Å². The minimum Gasteiger partial charge on any atom is -0.353 e.